The maximum atomic E-state index is 12.8. The van der Waals surface area contributed by atoms with Crippen LogP contribution in [-0.2, 0) is 19.3 Å². The lowest BCUT2D eigenvalue weighted by atomic mass is 9.70. The van der Waals surface area contributed by atoms with Crippen LogP contribution < -0.4 is 0 Å². The molecule has 3 fully saturated rings. The molecule has 0 aromatic rings. The van der Waals surface area contributed by atoms with Crippen molar-refractivity contribution in [2.75, 3.05) is 19.0 Å². The van der Waals surface area contributed by atoms with E-state index in [-0.39, 0.29) is 23.2 Å². The molecule has 1 N–H and O–H groups in total. The highest BCUT2D eigenvalue weighted by atomic mass is 32.2. The first-order chi connectivity index (χ1) is 8.69. The van der Waals surface area contributed by atoms with Crippen molar-refractivity contribution in [3.8, 4) is 0 Å². The maximum absolute atomic E-state index is 12.8. The highest BCUT2D eigenvalue weighted by Gasteiger charge is 2.74. The standard InChI is InChI=1S/C13H20O5S/c1-12(2)9-4-5-13(12,8-19(15,16)17)11(14)10(9)18-6-3-7-18/h9-10H,3-8H2,1-2H3/p+1. The van der Waals surface area contributed by atoms with Gasteiger partial charge in [-0.15, -0.1) is 0 Å². The fourth-order valence-corrected chi connectivity index (χ4v) is 5.74. The summed E-state index contributed by atoms with van der Waals surface area (Å²) < 4.78 is 35.0. The van der Waals surface area contributed by atoms with E-state index in [2.05, 4.69) is 4.37 Å². The molecule has 1 heterocycles. The van der Waals surface area contributed by atoms with Crippen molar-refractivity contribution in [1.82, 2.24) is 0 Å². The minimum Gasteiger partial charge on any atom is -0.413 e. The van der Waals surface area contributed by atoms with Gasteiger partial charge in [0, 0.05) is 5.92 Å². The Labute approximate surface area is 113 Å². The van der Waals surface area contributed by atoms with E-state index in [0.717, 1.165) is 26.1 Å². The summed E-state index contributed by atoms with van der Waals surface area (Å²) in [5, 5.41) is 0. The van der Waals surface area contributed by atoms with Crippen LogP contribution in [0.1, 0.15) is 33.1 Å². The monoisotopic (exact) mass is 289 g/mol. The Balaban J connectivity index is 2.01. The molecule has 6 heteroatoms. The van der Waals surface area contributed by atoms with Gasteiger partial charge in [-0.3, -0.25) is 9.35 Å². The predicted octanol–water partition coefficient (Wildman–Crippen LogP) is 1.20. The first kappa shape index (κ1) is 13.5. The second-order valence-corrected chi connectivity index (χ2v) is 8.21. The molecule has 0 amide bonds. The normalized spacial score (nSPS) is 41.5. The molecule has 2 aliphatic carbocycles. The first-order valence-corrected chi connectivity index (χ1v) is 8.46. The zero-order valence-corrected chi connectivity index (χ0v) is 12.2. The third kappa shape index (κ3) is 1.66. The summed E-state index contributed by atoms with van der Waals surface area (Å²) in [6.07, 6.45) is 2.31. The van der Waals surface area contributed by atoms with Gasteiger partial charge < -0.3 is 4.37 Å². The first-order valence-electron chi connectivity index (χ1n) is 6.85. The molecule has 1 saturated heterocycles. The summed E-state index contributed by atoms with van der Waals surface area (Å²) in [7, 11) is -4.14. The van der Waals surface area contributed by atoms with Crippen molar-refractivity contribution in [3.05, 3.63) is 0 Å². The van der Waals surface area contributed by atoms with Gasteiger partial charge in [-0.05, 0) is 18.3 Å². The SMILES string of the molecule is CC1(C)C2CCC1(CS(=O)(=O)O)C(=O)C2[O+]1CCC1. The summed E-state index contributed by atoms with van der Waals surface area (Å²) in [5.41, 5.74) is -1.27. The Hall–Kier alpha value is -0.460. The van der Waals surface area contributed by atoms with Crippen LogP contribution in [0.15, 0.2) is 0 Å². The minimum absolute atomic E-state index is 0.0103. The Bertz CT molecular complexity index is 519. The van der Waals surface area contributed by atoms with E-state index < -0.39 is 21.3 Å². The zero-order valence-electron chi connectivity index (χ0n) is 11.4. The van der Waals surface area contributed by atoms with Crippen molar-refractivity contribution < 1.29 is 22.1 Å². The Kier molecular flexibility index (Phi) is 2.70. The lowest BCUT2D eigenvalue weighted by Gasteiger charge is -2.36. The lowest BCUT2D eigenvalue weighted by Crippen LogP contribution is -2.49. The Morgan fingerprint density at radius 1 is 1.37 bits per heavy atom. The van der Waals surface area contributed by atoms with E-state index in [1.54, 1.807) is 0 Å². The fraction of sp³-hybridized carbons (Fsp3) is 0.923. The van der Waals surface area contributed by atoms with E-state index in [1.165, 1.54) is 0 Å². The van der Waals surface area contributed by atoms with Gasteiger partial charge in [-0.2, -0.15) is 8.42 Å². The van der Waals surface area contributed by atoms with E-state index in [1.807, 2.05) is 13.8 Å². The summed E-state index contributed by atoms with van der Waals surface area (Å²) in [6, 6.07) is 0. The largest absolute Gasteiger partial charge is 0.413 e. The third-order valence-electron chi connectivity index (χ3n) is 5.74. The molecule has 5 nitrogen and oxygen atoms in total. The number of carbonyl (C=O) groups is 1. The topological polar surface area (TPSA) is 74.1 Å². The van der Waals surface area contributed by atoms with Crippen molar-refractivity contribution in [2.24, 2.45) is 16.7 Å². The third-order valence-corrected chi connectivity index (χ3v) is 6.60. The van der Waals surface area contributed by atoms with Crippen LogP contribution in [0.4, 0.5) is 0 Å². The van der Waals surface area contributed by atoms with Gasteiger partial charge in [-0.25, -0.2) is 0 Å². The zero-order chi connectivity index (χ0) is 14.1. The number of Topliss-reactive ketones (excluding diaryl/α,β-unsaturated/α-hetero) is 1. The molecule has 3 aliphatic rings. The second kappa shape index (κ2) is 3.80. The maximum Gasteiger partial charge on any atom is 0.265 e. The Morgan fingerprint density at radius 2 is 2.00 bits per heavy atom. The van der Waals surface area contributed by atoms with Crippen molar-refractivity contribution in [2.45, 2.75) is 39.2 Å². The molecule has 0 aromatic carbocycles. The number of hydrogen-bond acceptors (Lipinski definition) is 3. The van der Waals surface area contributed by atoms with Crippen LogP contribution in [0.5, 0.6) is 0 Å². The molecule has 3 atom stereocenters. The summed E-state index contributed by atoms with van der Waals surface area (Å²) >= 11 is 0. The number of fused-ring (bicyclic) bond motifs is 2. The highest BCUT2D eigenvalue weighted by molar-refractivity contribution is 7.85. The molecule has 108 valence electrons. The number of hydrogen-bond donors (Lipinski definition) is 1. The van der Waals surface area contributed by atoms with Crippen LogP contribution in [0.25, 0.3) is 0 Å². The van der Waals surface area contributed by atoms with Crippen LogP contribution in [0.3, 0.4) is 0 Å². The molecule has 0 aromatic heterocycles. The minimum atomic E-state index is -4.14. The average Bonchev–Trinajstić information content (AvgIpc) is 2.48. The van der Waals surface area contributed by atoms with Crippen LogP contribution in [-0.4, -0.2) is 43.8 Å². The van der Waals surface area contributed by atoms with Crippen molar-refractivity contribution in [1.29, 1.82) is 0 Å². The summed E-state index contributed by atoms with van der Waals surface area (Å²) in [6.45, 7) is 5.66. The number of rotatable bonds is 3. The number of carbonyl (C=O) groups excluding carboxylic acids is 1. The van der Waals surface area contributed by atoms with Crippen LogP contribution in [0, 0.1) is 16.7 Å². The molecule has 1 aliphatic heterocycles. The van der Waals surface area contributed by atoms with E-state index >= 15 is 0 Å². The summed E-state index contributed by atoms with van der Waals surface area (Å²) in [5.74, 6) is -0.226. The van der Waals surface area contributed by atoms with E-state index in [9.17, 15) is 17.8 Å². The molecular weight excluding hydrogens is 268 g/mol. The van der Waals surface area contributed by atoms with Gasteiger partial charge >= 0.3 is 0 Å². The average molecular weight is 289 g/mol. The molecule has 3 unspecified atom stereocenters. The van der Waals surface area contributed by atoms with Gasteiger partial charge in [-0.1, -0.05) is 13.8 Å². The molecule has 2 bridgehead atoms. The fourth-order valence-electron chi connectivity index (χ4n) is 4.45. The molecular formula is C13H21O5S+. The molecule has 2 saturated carbocycles. The second-order valence-electron chi connectivity index (χ2n) is 6.76. The van der Waals surface area contributed by atoms with Gasteiger partial charge in [0.05, 0.1) is 17.6 Å². The number of ketones is 1. The van der Waals surface area contributed by atoms with Gasteiger partial charge in [0.25, 0.3) is 10.1 Å². The predicted molar refractivity (Wildman–Crippen MR) is 69.6 cm³/mol. The quantitative estimate of drug-likeness (QED) is 0.626. The summed E-state index contributed by atoms with van der Waals surface area (Å²) in [4.78, 5) is 12.8. The smallest absolute Gasteiger partial charge is 0.265 e. The van der Waals surface area contributed by atoms with Gasteiger partial charge in [0.2, 0.25) is 11.9 Å². The van der Waals surface area contributed by atoms with E-state index in [0.29, 0.717) is 6.42 Å². The van der Waals surface area contributed by atoms with Crippen molar-refractivity contribution >= 4 is 15.9 Å². The van der Waals surface area contributed by atoms with Crippen molar-refractivity contribution in [3.63, 3.8) is 0 Å². The molecule has 3 rings (SSSR count). The van der Waals surface area contributed by atoms with E-state index in [4.69, 9.17) is 0 Å². The highest BCUT2D eigenvalue weighted by Crippen LogP contribution is 2.66. The lowest BCUT2D eigenvalue weighted by molar-refractivity contribution is -0.260. The molecule has 0 spiro atoms. The van der Waals surface area contributed by atoms with Gasteiger partial charge in [0.1, 0.15) is 0 Å². The Morgan fingerprint density at radius 3 is 2.47 bits per heavy atom. The van der Waals surface area contributed by atoms with Crippen LogP contribution >= 0.6 is 0 Å². The molecule has 19 heavy (non-hydrogen) atoms. The molecule has 0 radical (unpaired) electrons. The van der Waals surface area contributed by atoms with Gasteiger partial charge in [0.15, 0.2) is 13.2 Å². The van der Waals surface area contributed by atoms with Crippen LogP contribution in [0.2, 0.25) is 0 Å².